The average Bonchev–Trinajstić information content (AvgIpc) is 3.08. The molecule has 0 bridgehead atoms. The molecule has 0 amide bonds. The predicted molar refractivity (Wildman–Crippen MR) is 72.4 cm³/mol. The van der Waals surface area contributed by atoms with Gasteiger partial charge in [0.1, 0.15) is 5.76 Å². The molecule has 0 saturated heterocycles. The monoisotopic (exact) mass is 274 g/mol. The maximum absolute atomic E-state index is 5.71. The number of anilines is 1. The molecule has 2 aromatic heterocycles. The Morgan fingerprint density at radius 1 is 1.05 bits per heavy atom. The van der Waals surface area contributed by atoms with Crippen molar-refractivity contribution in [2.24, 2.45) is 0 Å². The third-order valence-electron chi connectivity index (χ3n) is 2.61. The van der Waals surface area contributed by atoms with E-state index >= 15 is 0 Å². The lowest BCUT2D eigenvalue weighted by Crippen LogP contribution is -2.00. The summed E-state index contributed by atoms with van der Waals surface area (Å²) in [5.41, 5.74) is 1.90. The molecule has 2 heterocycles. The molecule has 1 aromatic carbocycles. The van der Waals surface area contributed by atoms with E-state index < -0.39 is 0 Å². The second kappa shape index (κ2) is 5.16. The van der Waals surface area contributed by atoms with E-state index in [0.717, 1.165) is 17.1 Å². The predicted octanol–water partition coefficient (Wildman–Crippen LogP) is 3.13. The lowest BCUT2D eigenvalue weighted by molar-refractivity contribution is 0.520. The fraction of sp³-hybridized carbons (Fsp3) is 0.0769. The van der Waals surface area contributed by atoms with Crippen molar-refractivity contribution in [1.29, 1.82) is 0 Å². The summed E-state index contributed by atoms with van der Waals surface area (Å²) in [6.45, 7) is 0.589. The summed E-state index contributed by atoms with van der Waals surface area (Å²) in [6, 6.07) is 11.4. The normalized spacial score (nSPS) is 10.6. The number of nitrogens with zero attached hydrogens (tertiary/aromatic N) is 3. The molecule has 5 nitrogen and oxygen atoms in total. The van der Waals surface area contributed by atoms with Crippen LogP contribution in [0.4, 0.5) is 5.69 Å². The maximum Gasteiger partial charge on any atom is 0.193 e. The fourth-order valence-electron chi connectivity index (χ4n) is 1.70. The zero-order valence-electron chi connectivity index (χ0n) is 9.95. The van der Waals surface area contributed by atoms with Crippen LogP contribution >= 0.6 is 11.6 Å². The van der Waals surface area contributed by atoms with Crippen molar-refractivity contribution in [3.63, 3.8) is 0 Å². The SMILES string of the molecule is Clc1ccc(CNc2ccc(-n3nccn3)cc2)o1. The number of nitrogens with one attached hydrogen (secondary N) is 1. The van der Waals surface area contributed by atoms with Gasteiger partial charge in [0.05, 0.1) is 24.6 Å². The quantitative estimate of drug-likeness (QED) is 0.794. The highest BCUT2D eigenvalue weighted by Crippen LogP contribution is 2.16. The van der Waals surface area contributed by atoms with Crippen LogP contribution in [0.2, 0.25) is 5.22 Å². The first-order valence-corrected chi connectivity index (χ1v) is 6.14. The van der Waals surface area contributed by atoms with E-state index in [9.17, 15) is 0 Å². The number of aromatic nitrogens is 3. The Hall–Kier alpha value is -2.27. The van der Waals surface area contributed by atoms with Crippen LogP contribution in [-0.2, 0) is 6.54 Å². The molecule has 0 fully saturated rings. The van der Waals surface area contributed by atoms with Crippen molar-refractivity contribution in [3.05, 3.63) is 59.8 Å². The number of furan rings is 1. The third-order valence-corrected chi connectivity index (χ3v) is 2.82. The van der Waals surface area contributed by atoms with Gasteiger partial charge in [0.15, 0.2) is 5.22 Å². The van der Waals surface area contributed by atoms with E-state index in [-0.39, 0.29) is 0 Å². The van der Waals surface area contributed by atoms with Gasteiger partial charge in [0.2, 0.25) is 0 Å². The van der Waals surface area contributed by atoms with Gasteiger partial charge in [-0.3, -0.25) is 0 Å². The van der Waals surface area contributed by atoms with Crippen molar-refractivity contribution in [3.8, 4) is 5.69 Å². The van der Waals surface area contributed by atoms with E-state index in [2.05, 4.69) is 15.5 Å². The molecule has 0 saturated carbocycles. The Morgan fingerprint density at radius 2 is 1.79 bits per heavy atom. The molecule has 3 rings (SSSR count). The Morgan fingerprint density at radius 3 is 2.42 bits per heavy atom. The summed E-state index contributed by atoms with van der Waals surface area (Å²) < 4.78 is 5.27. The summed E-state index contributed by atoms with van der Waals surface area (Å²) >= 11 is 5.71. The van der Waals surface area contributed by atoms with Crippen molar-refractivity contribution in [1.82, 2.24) is 15.0 Å². The van der Waals surface area contributed by atoms with Crippen LogP contribution in [0.1, 0.15) is 5.76 Å². The van der Waals surface area contributed by atoms with Crippen molar-refractivity contribution in [2.45, 2.75) is 6.54 Å². The largest absolute Gasteiger partial charge is 0.448 e. The molecule has 6 heteroatoms. The first-order chi connectivity index (χ1) is 9.31. The molecular weight excluding hydrogens is 264 g/mol. The highest BCUT2D eigenvalue weighted by Gasteiger charge is 2.01. The van der Waals surface area contributed by atoms with Gasteiger partial charge in [-0.1, -0.05) is 0 Å². The molecule has 1 N–H and O–H groups in total. The van der Waals surface area contributed by atoms with Gasteiger partial charge in [-0.05, 0) is 48.0 Å². The lowest BCUT2D eigenvalue weighted by Gasteiger charge is -2.05. The van der Waals surface area contributed by atoms with Crippen LogP contribution in [0.15, 0.2) is 53.2 Å². The number of hydrogen-bond acceptors (Lipinski definition) is 4. The Kier molecular flexibility index (Phi) is 3.20. The van der Waals surface area contributed by atoms with Crippen LogP contribution in [-0.4, -0.2) is 15.0 Å². The summed E-state index contributed by atoms with van der Waals surface area (Å²) in [6.07, 6.45) is 3.29. The van der Waals surface area contributed by atoms with Crippen molar-refractivity contribution >= 4 is 17.3 Å². The smallest absolute Gasteiger partial charge is 0.193 e. The van der Waals surface area contributed by atoms with Crippen LogP contribution in [0.3, 0.4) is 0 Å². The summed E-state index contributed by atoms with van der Waals surface area (Å²) in [5, 5.41) is 11.8. The minimum atomic E-state index is 0.400. The highest BCUT2D eigenvalue weighted by molar-refractivity contribution is 6.28. The maximum atomic E-state index is 5.71. The molecule has 0 unspecified atom stereocenters. The number of rotatable bonds is 4. The minimum Gasteiger partial charge on any atom is -0.448 e. The van der Waals surface area contributed by atoms with E-state index in [1.54, 1.807) is 23.3 Å². The summed E-state index contributed by atoms with van der Waals surface area (Å²) in [7, 11) is 0. The zero-order valence-corrected chi connectivity index (χ0v) is 10.7. The van der Waals surface area contributed by atoms with Gasteiger partial charge in [-0.15, -0.1) is 0 Å². The van der Waals surface area contributed by atoms with Gasteiger partial charge >= 0.3 is 0 Å². The van der Waals surface area contributed by atoms with Crippen LogP contribution in [0.5, 0.6) is 0 Å². The molecule has 0 aliphatic rings. The van der Waals surface area contributed by atoms with Gasteiger partial charge in [0, 0.05) is 5.69 Å². The van der Waals surface area contributed by atoms with E-state index in [1.165, 1.54) is 0 Å². The second-order valence-corrected chi connectivity index (χ2v) is 4.30. The average molecular weight is 275 g/mol. The zero-order chi connectivity index (χ0) is 13.1. The molecule has 0 aliphatic heterocycles. The first-order valence-electron chi connectivity index (χ1n) is 5.76. The fourth-order valence-corrected chi connectivity index (χ4v) is 1.86. The molecule has 96 valence electrons. The summed E-state index contributed by atoms with van der Waals surface area (Å²) in [5.74, 6) is 0.794. The Labute approximate surface area is 114 Å². The minimum absolute atomic E-state index is 0.400. The topological polar surface area (TPSA) is 55.9 Å². The lowest BCUT2D eigenvalue weighted by atomic mass is 10.3. The summed E-state index contributed by atoms with van der Waals surface area (Å²) in [4.78, 5) is 1.57. The molecular formula is C13H11ClN4O. The molecule has 19 heavy (non-hydrogen) atoms. The van der Waals surface area contributed by atoms with Gasteiger partial charge in [0.25, 0.3) is 0 Å². The third kappa shape index (κ3) is 2.77. The van der Waals surface area contributed by atoms with E-state index in [1.807, 2.05) is 30.3 Å². The van der Waals surface area contributed by atoms with E-state index in [0.29, 0.717) is 11.8 Å². The van der Waals surface area contributed by atoms with Gasteiger partial charge in [-0.25, -0.2) is 0 Å². The van der Waals surface area contributed by atoms with E-state index in [4.69, 9.17) is 16.0 Å². The second-order valence-electron chi connectivity index (χ2n) is 3.92. The number of hydrogen-bond donors (Lipinski definition) is 1. The molecule has 0 spiro atoms. The molecule has 0 aliphatic carbocycles. The van der Waals surface area contributed by atoms with Crippen molar-refractivity contribution in [2.75, 3.05) is 5.32 Å². The number of halogens is 1. The first kappa shape index (κ1) is 11.8. The Bertz CT molecular complexity index is 646. The van der Waals surface area contributed by atoms with Gasteiger partial charge in [-0.2, -0.15) is 15.0 Å². The van der Waals surface area contributed by atoms with Gasteiger partial charge < -0.3 is 9.73 Å². The molecule has 3 aromatic rings. The molecule has 0 atom stereocenters. The van der Waals surface area contributed by atoms with Crippen LogP contribution in [0.25, 0.3) is 5.69 Å². The standard InChI is InChI=1S/C13H11ClN4O/c14-13-6-5-12(19-13)9-15-10-1-3-11(4-2-10)18-16-7-8-17-18/h1-8,15H,9H2. The van der Waals surface area contributed by atoms with Crippen molar-refractivity contribution < 1.29 is 4.42 Å². The van der Waals surface area contributed by atoms with Crippen LogP contribution in [0, 0.1) is 0 Å². The Balaban J connectivity index is 1.66. The van der Waals surface area contributed by atoms with Crippen LogP contribution < -0.4 is 5.32 Å². The molecule has 0 radical (unpaired) electrons. The highest BCUT2D eigenvalue weighted by atomic mass is 35.5. The number of benzene rings is 1.